The van der Waals surface area contributed by atoms with E-state index in [4.69, 9.17) is 0 Å². The summed E-state index contributed by atoms with van der Waals surface area (Å²) in [5.41, 5.74) is 0. The Kier molecular flexibility index (Phi) is 49.8. The largest absolute Gasteiger partial charge is 0.396 e. The normalized spacial score (nSPS) is 11.7. The molecule has 0 unspecified atom stereocenters. The van der Waals surface area contributed by atoms with Gasteiger partial charge in [-0.25, -0.2) is 0 Å². The number of unbranched alkanes of at least 4 members (excludes halogenated alkanes) is 29. The molecule has 0 aliphatic carbocycles. The lowest BCUT2D eigenvalue weighted by molar-refractivity contribution is -0.132. The smallest absolute Gasteiger partial charge is 0.236 e. The summed E-state index contributed by atoms with van der Waals surface area (Å²) in [7, 11) is 0. The average molecular weight is 879 g/mol. The van der Waals surface area contributed by atoms with Crippen LogP contribution < -0.4 is 5.32 Å². The summed E-state index contributed by atoms with van der Waals surface area (Å²) in [6.07, 6.45) is 46.5. The highest BCUT2D eigenvalue weighted by atomic mass is 16.3. The number of carbonyl (C=O) groups excluding carboxylic acids is 2. The second-order valence-electron chi connectivity index (χ2n) is 19.1. The van der Waals surface area contributed by atoms with Crippen LogP contribution in [-0.2, 0) is 9.59 Å². The van der Waals surface area contributed by atoms with Gasteiger partial charge in [0.1, 0.15) is 0 Å². The van der Waals surface area contributed by atoms with E-state index in [0.29, 0.717) is 26.2 Å². The van der Waals surface area contributed by atoms with E-state index in [0.717, 1.165) is 64.9 Å². The molecular weight excluding hydrogens is 767 g/mol. The van der Waals surface area contributed by atoms with E-state index in [2.05, 4.69) is 47.7 Å². The lowest BCUT2D eigenvalue weighted by Crippen LogP contribution is -2.46. The van der Waals surface area contributed by atoms with Crippen LogP contribution in [0.15, 0.2) is 0 Å². The number of hydrogen-bond donors (Lipinski definition) is 2. The molecule has 0 bridgehead atoms. The highest BCUT2D eigenvalue weighted by Gasteiger charge is 2.19. The maximum atomic E-state index is 14.2. The van der Waals surface area contributed by atoms with Gasteiger partial charge >= 0.3 is 0 Å². The molecule has 0 saturated carbocycles. The van der Waals surface area contributed by atoms with Gasteiger partial charge in [-0.05, 0) is 71.2 Å². The third-order valence-electron chi connectivity index (χ3n) is 13.1. The molecule has 2 amide bonds. The Bertz CT molecular complexity index is 876. The fourth-order valence-electron chi connectivity index (χ4n) is 8.97. The fraction of sp³-hybridized carbons (Fsp3) is 0.963. The molecule has 0 rings (SSSR count). The lowest BCUT2D eigenvalue weighted by Gasteiger charge is -2.31. The first-order valence-electron chi connectivity index (χ1n) is 27.8. The predicted molar refractivity (Wildman–Crippen MR) is 271 cm³/mol. The minimum Gasteiger partial charge on any atom is -0.396 e. The number of aliphatic hydroxyl groups excluding tert-OH is 1. The first kappa shape index (κ1) is 60.8. The van der Waals surface area contributed by atoms with Crippen LogP contribution in [-0.4, -0.2) is 122 Å². The molecule has 0 radical (unpaired) electrons. The first-order chi connectivity index (χ1) is 30.6. The molecule has 0 atom stereocenters. The molecule has 0 spiro atoms. The monoisotopic (exact) mass is 878 g/mol. The van der Waals surface area contributed by atoms with Crippen LogP contribution >= 0.6 is 0 Å². The molecule has 0 aliphatic heterocycles. The van der Waals surface area contributed by atoms with Gasteiger partial charge in [0.25, 0.3) is 0 Å². The summed E-state index contributed by atoms with van der Waals surface area (Å²) in [5, 5.41) is 12.5. The van der Waals surface area contributed by atoms with Crippen LogP contribution in [0.1, 0.15) is 252 Å². The Balaban J connectivity index is 5.38. The number of aliphatic hydroxyl groups is 1. The first-order valence-corrected chi connectivity index (χ1v) is 27.8. The molecule has 8 nitrogen and oxygen atoms in total. The van der Waals surface area contributed by atoms with Crippen molar-refractivity contribution in [2.45, 2.75) is 252 Å². The molecule has 0 aliphatic rings. The van der Waals surface area contributed by atoms with Crippen LogP contribution in [0.25, 0.3) is 0 Å². The predicted octanol–water partition coefficient (Wildman–Crippen LogP) is 13.2. The van der Waals surface area contributed by atoms with Gasteiger partial charge in [-0.1, -0.05) is 214 Å². The van der Waals surface area contributed by atoms with Crippen molar-refractivity contribution in [3.8, 4) is 0 Å². The quantitative estimate of drug-likeness (QED) is 0.0468. The molecule has 62 heavy (non-hydrogen) atoms. The van der Waals surface area contributed by atoms with Crippen molar-refractivity contribution in [3.63, 3.8) is 0 Å². The second kappa shape index (κ2) is 50.8. The van der Waals surface area contributed by atoms with E-state index in [-0.39, 0.29) is 12.5 Å². The Labute approximate surface area is 388 Å². The zero-order chi connectivity index (χ0) is 45.2. The SMILES string of the molecule is CCCCCCCCCCCCCCN(CCCO)CCCN(CCNC=O)C(=O)CN(CCCCCCCCC)CCN(CCCCCCCCC)CCCCCCCCC. The topological polar surface area (TPSA) is 79.4 Å². The number of carbonyl (C=O) groups is 2. The number of hydrogen-bond acceptors (Lipinski definition) is 6. The molecule has 0 aromatic heterocycles. The molecule has 370 valence electrons. The maximum absolute atomic E-state index is 14.2. The number of nitrogens with one attached hydrogen (secondary N) is 1. The zero-order valence-electron chi connectivity index (χ0n) is 42.6. The molecule has 0 aromatic rings. The molecule has 2 N–H and O–H groups in total. The van der Waals surface area contributed by atoms with Gasteiger partial charge in [0, 0.05) is 45.9 Å². The van der Waals surface area contributed by atoms with Gasteiger partial charge in [-0.3, -0.25) is 14.5 Å². The Morgan fingerprint density at radius 1 is 0.371 bits per heavy atom. The average Bonchev–Trinajstić information content (AvgIpc) is 3.28. The Morgan fingerprint density at radius 3 is 1.05 bits per heavy atom. The van der Waals surface area contributed by atoms with Crippen molar-refractivity contribution in [1.29, 1.82) is 0 Å². The second-order valence-corrected chi connectivity index (χ2v) is 19.1. The van der Waals surface area contributed by atoms with Crippen LogP contribution in [0.4, 0.5) is 0 Å². The van der Waals surface area contributed by atoms with E-state index in [1.807, 2.05) is 4.90 Å². The minimum atomic E-state index is 0.203. The summed E-state index contributed by atoms with van der Waals surface area (Å²) >= 11 is 0. The highest BCUT2D eigenvalue weighted by molar-refractivity contribution is 5.78. The summed E-state index contributed by atoms with van der Waals surface area (Å²) < 4.78 is 0. The maximum Gasteiger partial charge on any atom is 0.236 e. The van der Waals surface area contributed by atoms with Gasteiger partial charge in [-0.2, -0.15) is 0 Å². The van der Waals surface area contributed by atoms with E-state index < -0.39 is 0 Å². The summed E-state index contributed by atoms with van der Waals surface area (Å²) in [6, 6.07) is 0. The van der Waals surface area contributed by atoms with Crippen molar-refractivity contribution < 1.29 is 14.7 Å². The molecular formula is C54H111N5O3. The van der Waals surface area contributed by atoms with Crippen molar-refractivity contribution >= 4 is 12.3 Å². The van der Waals surface area contributed by atoms with E-state index in [1.165, 1.54) is 219 Å². The van der Waals surface area contributed by atoms with Crippen molar-refractivity contribution in [2.24, 2.45) is 0 Å². The van der Waals surface area contributed by atoms with Crippen LogP contribution in [0.5, 0.6) is 0 Å². The van der Waals surface area contributed by atoms with Gasteiger partial charge in [0.2, 0.25) is 12.3 Å². The van der Waals surface area contributed by atoms with Crippen molar-refractivity contribution in [3.05, 3.63) is 0 Å². The van der Waals surface area contributed by atoms with Crippen LogP contribution in [0, 0.1) is 0 Å². The van der Waals surface area contributed by atoms with Gasteiger partial charge < -0.3 is 25.1 Å². The minimum absolute atomic E-state index is 0.203. The van der Waals surface area contributed by atoms with Gasteiger partial charge in [0.05, 0.1) is 6.54 Å². The Morgan fingerprint density at radius 2 is 0.677 bits per heavy atom. The molecule has 0 aromatic carbocycles. The fourth-order valence-corrected chi connectivity index (χ4v) is 8.97. The van der Waals surface area contributed by atoms with Crippen LogP contribution in [0.3, 0.4) is 0 Å². The molecule has 8 heteroatoms. The van der Waals surface area contributed by atoms with Gasteiger partial charge in [-0.15, -0.1) is 0 Å². The highest BCUT2D eigenvalue weighted by Crippen LogP contribution is 2.14. The van der Waals surface area contributed by atoms with Crippen molar-refractivity contribution in [1.82, 2.24) is 24.9 Å². The summed E-state index contributed by atoms with van der Waals surface area (Å²) in [6.45, 7) is 19.9. The van der Waals surface area contributed by atoms with E-state index in [1.54, 1.807) is 0 Å². The lowest BCUT2D eigenvalue weighted by atomic mass is 10.1. The third kappa shape index (κ3) is 42.7. The number of amides is 2. The molecule has 0 fully saturated rings. The van der Waals surface area contributed by atoms with Gasteiger partial charge in [0.15, 0.2) is 0 Å². The summed E-state index contributed by atoms with van der Waals surface area (Å²) in [4.78, 5) is 35.1. The van der Waals surface area contributed by atoms with Crippen molar-refractivity contribution in [2.75, 3.05) is 85.1 Å². The molecule has 0 saturated heterocycles. The standard InChI is InChI=1S/C54H111N5O3/c1-5-9-13-17-21-22-23-24-25-29-32-34-41-56(46-39-51-60)45-38-47-59(48-40-55-53-61)54(62)52-58(44-37-33-28-20-16-12-8-4)50-49-57(42-35-30-26-18-14-10-6-2)43-36-31-27-19-15-11-7-3/h53,60H,5-52H2,1-4H3,(H,55,61). The number of nitrogens with zero attached hydrogens (tertiary/aromatic N) is 4. The zero-order valence-corrected chi connectivity index (χ0v) is 42.6. The summed E-state index contributed by atoms with van der Waals surface area (Å²) in [5.74, 6) is 0.203. The van der Waals surface area contributed by atoms with Crippen LogP contribution in [0.2, 0.25) is 0 Å². The van der Waals surface area contributed by atoms with E-state index >= 15 is 0 Å². The molecule has 0 heterocycles. The Hall–Kier alpha value is -1.22. The number of rotatable bonds is 53. The van der Waals surface area contributed by atoms with E-state index in [9.17, 15) is 14.7 Å². The third-order valence-corrected chi connectivity index (χ3v) is 13.1.